The second kappa shape index (κ2) is 7.78. The molecular weight excluding hydrogens is 420 g/mol. The van der Waals surface area contributed by atoms with Gasteiger partial charge in [0.05, 0.1) is 10.6 Å². The Morgan fingerprint density at radius 2 is 1.80 bits per heavy atom. The molecule has 3 aromatic rings. The maximum absolute atomic E-state index is 13.2. The Kier molecular flexibility index (Phi) is 5.30. The number of hydrogen-bond donors (Lipinski definition) is 1. The first kappa shape index (κ1) is 20.4. The summed E-state index contributed by atoms with van der Waals surface area (Å²) in [4.78, 5) is 13.0. The van der Waals surface area contributed by atoms with Crippen molar-refractivity contribution in [1.29, 1.82) is 0 Å². The van der Waals surface area contributed by atoms with Crippen LogP contribution in [-0.4, -0.2) is 20.4 Å². The van der Waals surface area contributed by atoms with Crippen molar-refractivity contribution >= 4 is 38.9 Å². The zero-order valence-corrected chi connectivity index (χ0v) is 18.2. The molecule has 0 spiro atoms. The molecule has 1 aliphatic rings. The van der Waals surface area contributed by atoms with Crippen molar-refractivity contribution in [3.05, 3.63) is 88.4 Å². The van der Waals surface area contributed by atoms with Gasteiger partial charge in [0.25, 0.3) is 15.9 Å². The van der Waals surface area contributed by atoms with Crippen molar-refractivity contribution in [2.45, 2.75) is 31.2 Å². The molecule has 1 amide bonds. The standard InChI is InChI=1S/C23H21ClN2O3S/c1-15-8-10-19(14-21(15)24)25-23(27)17-9-11-22-18(13-17)12-16(2)26(22)30(28,29)20-6-4-3-5-7-20/h3-11,13-14,16H,12H2,1-2H3,(H,25,27)/t16-/m1/s1. The average molecular weight is 441 g/mol. The number of carbonyl (C=O) groups excluding carboxylic acids is 1. The zero-order chi connectivity index (χ0) is 21.5. The van der Waals surface area contributed by atoms with E-state index in [1.807, 2.05) is 19.9 Å². The summed E-state index contributed by atoms with van der Waals surface area (Å²) in [5, 5.41) is 3.42. The third-order valence-electron chi connectivity index (χ3n) is 5.22. The van der Waals surface area contributed by atoms with E-state index in [1.165, 1.54) is 4.31 Å². The van der Waals surface area contributed by atoms with Crippen molar-refractivity contribution in [2.75, 3.05) is 9.62 Å². The van der Waals surface area contributed by atoms with Crippen LogP contribution in [0.1, 0.15) is 28.4 Å². The van der Waals surface area contributed by atoms with Crippen LogP contribution in [0.3, 0.4) is 0 Å². The molecular formula is C23H21ClN2O3S. The molecule has 3 aromatic carbocycles. The molecule has 1 aliphatic heterocycles. The Morgan fingerprint density at radius 3 is 2.50 bits per heavy atom. The number of halogens is 1. The van der Waals surface area contributed by atoms with Crippen molar-refractivity contribution in [3.8, 4) is 0 Å². The maximum atomic E-state index is 13.2. The van der Waals surface area contributed by atoms with Gasteiger partial charge in [0.2, 0.25) is 0 Å². The SMILES string of the molecule is Cc1ccc(NC(=O)c2ccc3c(c2)C[C@@H](C)N3S(=O)(=O)c2ccccc2)cc1Cl. The number of anilines is 2. The minimum atomic E-state index is -3.67. The number of carbonyl (C=O) groups is 1. The van der Waals surface area contributed by atoms with E-state index in [0.717, 1.165) is 11.1 Å². The third kappa shape index (κ3) is 3.68. The fraction of sp³-hybridized carbons (Fsp3) is 0.174. The van der Waals surface area contributed by atoms with Crippen LogP contribution in [0.25, 0.3) is 0 Å². The molecule has 1 heterocycles. The average Bonchev–Trinajstić information content (AvgIpc) is 3.07. The lowest BCUT2D eigenvalue weighted by Gasteiger charge is -2.24. The molecule has 5 nitrogen and oxygen atoms in total. The smallest absolute Gasteiger partial charge is 0.264 e. The topological polar surface area (TPSA) is 66.5 Å². The van der Waals surface area contributed by atoms with E-state index in [4.69, 9.17) is 11.6 Å². The largest absolute Gasteiger partial charge is 0.322 e. The van der Waals surface area contributed by atoms with Crippen LogP contribution in [0.15, 0.2) is 71.6 Å². The highest BCUT2D eigenvalue weighted by Gasteiger charge is 2.36. The van der Waals surface area contributed by atoms with E-state index in [9.17, 15) is 13.2 Å². The molecule has 30 heavy (non-hydrogen) atoms. The van der Waals surface area contributed by atoms with Crippen molar-refractivity contribution in [1.82, 2.24) is 0 Å². The Bertz CT molecular complexity index is 1230. The highest BCUT2D eigenvalue weighted by Crippen LogP contribution is 2.37. The summed E-state index contributed by atoms with van der Waals surface area (Å²) in [6, 6.07) is 18.6. The van der Waals surface area contributed by atoms with Gasteiger partial charge in [-0.2, -0.15) is 0 Å². The molecule has 0 unspecified atom stereocenters. The zero-order valence-electron chi connectivity index (χ0n) is 16.6. The summed E-state index contributed by atoms with van der Waals surface area (Å²) in [7, 11) is -3.67. The number of amides is 1. The lowest BCUT2D eigenvalue weighted by Crippen LogP contribution is -2.35. The Hall–Kier alpha value is -2.83. The second-order valence-corrected chi connectivity index (χ2v) is 9.65. The van der Waals surface area contributed by atoms with Crippen LogP contribution in [0.2, 0.25) is 5.02 Å². The quantitative estimate of drug-likeness (QED) is 0.618. The molecule has 0 bridgehead atoms. The number of nitrogens with zero attached hydrogens (tertiary/aromatic N) is 1. The third-order valence-corrected chi connectivity index (χ3v) is 7.57. The Balaban J connectivity index is 1.62. The van der Waals surface area contributed by atoms with Crippen LogP contribution >= 0.6 is 11.6 Å². The number of nitrogens with one attached hydrogen (secondary N) is 1. The van der Waals surface area contributed by atoms with E-state index in [1.54, 1.807) is 60.7 Å². The summed E-state index contributed by atoms with van der Waals surface area (Å²) in [5.74, 6) is -0.269. The van der Waals surface area contributed by atoms with Crippen LogP contribution in [0, 0.1) is 6.92 Å². The number of benzene rings is 3. The van der Waals surface area contributed by atoms with Crippen molar-refractivity contribution in [2.24, 2.45) is 0 Å². The van der Waals surface area contributed by atoms with Gasteiger partial charge in [-0.25, -0.2) is 8.42 Å². The van der Waals surface area contributed by atoms with Gasteiger partial charge >= 0.3 is 0 Å². The van der Waals surface area contributed by atoms with Gasteiger partial charge < -0.3 is 5.32 Å². The van der Waals surface area contributed by atoms with E-state index in [2.05, 4.69) is 5.32 Å². The van der Waals surface area contributed by atoms with Crippen molar-refractivity contribution in [3.63, 3.8) is 0 Å². The number of hydrogen-bond acceptors (Lipinski definition) is 3. The van der Waals surface area contributed by atoms with Gasteiger partial charge in [-0.1, -0.05) is 35.9 Å². The molecule has 1 atom stereocenters. The summed E-state index contributed by atoms with van der Waals surface area (Å²) in [6.45, 7) is 3.76. The fourth-order valence-electron chi connectivity index (χ4n) is 3.69. The number of rotatable bonds is 4. The normalized spacial score (nSPS) is 15.7. The van der Waals surface area contributed by atoms with Crippen LogP contribution in [0.5, 0.6) is 0 Å². The predicted molar refractivity (Wildman–Crippen MR) is 120 cm³/mol. The first-order chi connectivity index (χ1) is 14.3. The first-order valence-electron chi connectivity index (χ1n) is 9.57. The van der Waals surface area contributed by atoms with Gasteiger partial charge in [-0.3, -0.25) is 9.10 Å². The molecule has 0 radical (unpaired) electrons. The summed E-state index contributed by atoms with van der Waals surface area (Å²) >= 11 is 6.13. The lowest BCUT2D eigenvalue weighted by molar-refractivity contribution is 0.102. The Labute approximate surface area is 181 Å². The fourth-order valence-corrected chi connectivity index (χ4v) is 5.58. The number of fused-ring (bicyclic) bond motifs is 1. The molecule has 154 valence electrons. The van der Waals surface area contributed by atoms with E-state index in [-0.39, 0.29) is 16.8 Å². The maximum Gasteiger partial charge on any atom is 0.264 e. The summed E-state index contributed by atoms with van der Waals surface area (Å²) in [6.07, 6.45) is 0.541. The van der Waals surface area contributed by atoms with E-state index < -0.39 is 10.0 Å². The molecule has 0 saturated heterocycles. The van der Waals surface area contributed by atoms with Crippen LogP contribution < -0.4 is 9.62 Å². The highest BCUT2D eigenvalue weighted by atomic mass is 35.5. The highest BCUT2D eigenvalue weighted by molar-refractivity contribution is 7.92. The first-order valence-corrected chi connectivity index (χ1v) is 11.4. The number of aryl methyl sites for hydroxylation is 1. The monoisotopic (exact) mass is 440 g/mol. The second-order valence-electron chi connectivity index (χ2n) is 7.43. The van der Waals surface area contributed by atoms with Gasteiger partial charge in [0, 0.05) is 22.3 Å². The number of sulfonamides is 1. The lowest BCUT2D eigenvalue weighted by atomic mass is 10.1. The van der Waals surface area contributed by atoms with Gasteiger partial charge in [0.1, 0.15) is 0 Å². The Morgan fingerprint density at radius 1 is 1.07 bits per heavy atom. The minimum Gasteiger partial charge on any atom is -0.322 e. The summed E-state index contributed by atoms with van der Waals surface area (Å²) < 4.78 is 27.8. The molecule has 0 saturated carbocycles. The molecule has 0 aliphatic carbocycles. The molecule has 7 heteroatoms. The van der Waals surface area contributed by atoms with Crippen LogP contribution in [-0.2, 0) is 16.4 Å². The van der Waals surface area contributed by atoms with E-state index in [0.29, 0.717) is 28.4 Å². The van der Waals surface area contributed by atoms with Gasteiger partial charge in [-0.05, 0) is 73.9 Å². The van der Waals surface area contributed by atoms with Crippen LogP contribution in [0.4, 0.5) is 11.4 Å². The van der Waals surface area contributed by atoms with E-state index >= 15 is 0 Å². The van der Waals surface area contributed by atoms with Gasteiger partial charge in [0.15, 0.2) is 0 Å². The minimum absolute atomic E-state index is 0.237. The molecule has 1 N–H and O–H groups in total. The van der Waals surface area contributed by atoms with Gasteiger partial charge in [-0.15, -0.1) is 0 Å². The predicted octanol–water partition coefficient (Wildman–Crippen LogP) is 5.04. The molecule has 0 aromatic heterocycles. The summed E-state index contributed by atoms with van der Waals surface area (Å²) in [5.41, 5.74) is 3.45. The molecule has 0 fully saturated rings. The molecule has 4 rings (SSSR count). The van der Waals surface area contributed by atoms with Crippen molar-refractivity contribution < 1.29 is 13.2 Å².